The monoisotopic (exact) mass is 556 g/mol. The number of nitrogens with one attached hydrogen (secondary N) is 2. The summed E-state index contributed by atoms with van der Waals surface area (Å²) >= 11 is 1.55. The highest BCUT2D eigenvalue weighted by Gasteiger charge is 2.28. The average Bonchev–Trinajstić information content (AvgIpc) is 3.37. The molecule has 1 saturated carbocycles. The number of hydrogen-bond donors (Lipinski definition) is 2. The second-order valence-electron chi connectivity index (χ2n) is 10.8. The summed E-state index contributed by atoms with van der Waals surface area (Å²) in [6, 6.07) is 10.2. The van der Waals surface area contributed by atoms with Crippen LogP contribution in [-0.2, 0) is 21.4 Å². The molecule has 1 aliphatic rings. The number of hydrogen-bond acceptors (Lipinski definition) is 7. The minimum absolute atomic E-state index is 0.00526. The van der Waals surface area contributed by atoms with Crippen LogP contribution in [0.3, 0.4) is 0 Å². The molecule has 0 aliphatic heterocycles. The van der Waals surface area contributed by atoms with Crippen molar-refractivity contribution >= 4 is 33.1 Å². The van der Waals surface area contributed by atoms with Gasteiger partial charge >= 0.3 is 6.09 Å². The zero-order valence-electron chi connectivity index (χ0n) is 22.4. The second kappa shape index (κ2) is 11.9. The Bertz CT molecular complexity index is 1340. The smallest absolute Gasteiger partial charge is 0.412 e. The van der Waals surface area contributed by atoms with Gasteiger partial charge in [0, 0.05) is 35.1 Å². The average molecular weight is 557 g/mol. The van der Waals surface area contributed by atoms with E-state index in [1.807, 2.05) is 6.07 Å². The number of nitrogens with zero attached hydrogens (tertiary/aromatic N) is 2. The Balaban J connectivity index is 1.58. The lowest BCUT2D eigenvalue weighted by molar-refractivity contribution is 0.153. The van der Waals surface area contributed by atoms with Gasteiger partial charge in [0.1, 0.15) is 6.61 Å². The summed E-state index contributed by atoms with van der Waals surface area (Å²) in [4.78, 5) is 22.1. The van der Waals surface area contributed by atoms with Crippen LogP contribution in [0.1, 0.15) is 76.4 Å². The molecular weight excluding hydrogens is 520 g/mol. The van der Waals surface area contributed by atoms with E-state index in [1.54, 1.807) is 68.8 Å². The highest BCUT2D eigenvalue weighted by atomic mass is 32.2. The van der Waals surface area contributed by atoms with Gasteiger partial charge in [-0.25, -0.2) is 22.9 Å². The molecule has 0 radical (unpaired) electrons. The Kier molecular flexibility index (Phi) is 8.85. The number of benzene rings is 1. The standard InChI is InChI=1S/C28H36N4O4S2/c1-5-19-9-11-20(12-10-19)26-30-17-24(37-26)23-14-13-21(16-25(23)38(34,35)32-28(2,3)4)31-27(33)36-18-22-8-6-7-15-29-22/h6-8,13-17,19-20,32H,5,9-12,18H2,1-4H3,(H,31,33). The summed E-state index contributed by atoms with van der Waals surface area (Å²) in [5.74, 6) is 1.21. The van der Waals surface area contributed by atoms with Crippen molar-refractivity contribution in [2.45, 2.75) is 82.8 Å². The zero-order chi connectivity index (χ0) is 27.3. The summed E-state index contributed by atoms with van der Waals surface area (Å²) in [7, 11) is -3.91. The number of anilines is 1. The lowest BCUT2D eigenvalue weighted by Gasteiger charge is -2.26. The third-order valence-electron chi connectivity index (χ3n) is 6.60. The number of pyridine rings is 1. The predicted octanol–water partition coefficient (Wildman–Crippen LogP) is 6.71. The fraction of sp³-hybridized carbons (Fsp3) is 0.464. The van der Waals surface area contributed by atoms with Gasteiger partial charge in [-0.1, -0.05) is 25.5 Å². The molecule has 0 unspecified atom stereocenters. The Hall–Kier alpha value is -2.82. The number of carbonyl (C=O) groups is 1. The van der Waals surface area contributed by atoms with E-state index in [0.717, 1.165) is 28.6 Å². The number of rotatable bonds is 8. The molecule has 0 spiro atoms. The molecule has 204 valence electrons. The quantitative estimate of drug-likeness (QED) is 0.319. The molecule has 0 atom stereocenters. The summed E-state index contributed by atoms with van der Waals surface area (Å²) in [5, 5.41) is 3.70. The summed E-state index contributed by atoms with van der Waals surface area (Å²) in [5.41, 5.74) is 0.800. The van der Waals surface area contributed by atoms with Gasteiger partial charge in [0.25, 0.3) is 0 Å². The van der Waals surface area contributed by atoms with Crippen molar-refractivity contribution in [3.05, 3.63) is 59.5 Å². The van der Waals surface area contributed by atoms with Crippen LogP contribution in [0.5, 0.6) is 0 Å². The molecule has 2 aromatic heterocycles. The molecular formula is C28H36N4O4S2. The molecule has 4 rings (SSSR count). The van der Waals surface area contributed by atoms with Crippen LogP contribution in [0.4, 0.5) is 10.5 Å². The highest BCUT2D eigenvalue weighted by Crippen LogP contribution is 2.41. The molecule has 8 nitrogen and oxygen atoms in total. The van der Waals surface area contributed by atoms with E-state index in [4.69, 9.17) is 9.72 Å². The van der Waals surface area contributed by atoms with Gasteiger partial charge in [0.15, 0.2) is 0 Å². The largest absolute Gasteiger partial charge is 0.443 e. The number of sulfonamides is 1. The summed E-state index contributed by atoms with van der Waals surface area (Å²) < 4.78 is 35.0. The van der Waals surface area contributed by atoms with Crippen molar-refractivity contribution in [2.24, 2.45) is 5.92 Å². The molecule has 3 aromatic rings. The fourth-order valence-electron chi connectivity index (χ4n) is 4.68. The third kappa shape index (κ3) is 7.39. The van der Waals surface area contributed by atoms with Crippen LogP contribution in [0, 0.1) is 5.92 Å². The Morgan fingerprint density at radius 3 is 2.53 bits per heavy atom. The van der Waals surface area contributed by atoms with E-state index in [1.165, 1.54) is 25.3 Å². The molecule has 0 saturated heterocycles. The minimum atomic E-state index is -3.91. The maximum atomic E-state index is 13.5. The first-order chi connectivity index (χ1) is 18.0. The van der Waals surface area contributed by atoms with E-state index in [2.05, 4.69) is 21.9 Å². The van der Waals surface area contributed by atoms with Gasteiger partial charge in [-0.2, -0.15) is 0 Å². The van der Waals surface area contributed by atoms with Gasteiger partial charge in [-0.15, -0.1) is 11.3 Å². The molecule has 2 N–H and O–H groups in total. The SMILES string of the molecule is CCC1CCC(c2ncc(-c3ccc(NC(=O)OCc4ccccn4)cc3S(=O)(=O)NC(C)(C)C)s2)CC1. The maximum absolute atomic E-state index is 13.5. The molecule has 1 fully saturated rings. The van der Waals surface area contributed by atoms with Gasteiger partial charge in [-0.3, -0.25) is 10.3 Å². The predicted molar refractivity (Wildman–Crippen MR) is 151 cm³/mol. The third-order valence-corrected chi connectivity index (χ3v) is 9.59. The van der Waals surface area contributed by atoms with Gasteiger partial charge in [0.05, 0.1) is 20.5 Å². The van der Waals surface area contributed by atoms with Gasteiger partial charge in [0.2, 0.25) is 10.0 Å². The molecule has 2 heterocycles. The number of carbonyl (C=O) groups excluding carboxylic acids is 1. The van der Waals surface area contributed by atoms with Crippen molar-refractivity contribution in [3.63, 3.8) is 0 Å². The van der Waals surface area contributed by atoms with E-state index in [0.29, 0.717) is 22.9 Å². The molecule has 0 bridgehead atoms. The van der Waals surface area contributed by atoms with Crippen LogP contribution in [-0.4, -0.2) is 30.0 Å². The van der Waals surface area contributed by atoms with Crippen LogP contribution < -0.4 is 10.0 Å². The van der Waals surface area contributed by atoms with Crippen LogP contribution in [0.25, 0.3) is 10.4 Å². The van der Waals surface area contributed by atoms with Crippen molar-refractivity contribution in [3.8, 4) is 10.4 Å². The summed E-state index contributed by atoms with van der Waals surface area (Å²) in [6.07, 6.45) is 8.57. The summed E-state index contributed by atoms with van der Waals surface area (Å²) in [6.45, 7) is 7.63. The van der Waals surface area contributed by atoms with Crippen LogP contribution >= 0.6 is 11.3 Å². The lowest BCUT2D eigenvalue weighted by Crippen LogP contribution is -2.40. The topological polar surface area (TPSA) is 110 Å². The first kappa shape index (κ1) is 28.2. The normalized spacial score (nSPS) is 18.2. The number of amides is 1. The van der Waals surface area contributed by atoms with E-state index < -0.39 is 21.7 Å². The Morgan fingerprint density at radius 1 is 1.11 bits per heavy atom. The molecule has 1 aromatic carbocycles. The zero-order valence-corrected chi connectivity index (χ0v) is 24.0. The van der Waals surface area contributed by atoms with Gasteiger partial charge < -0.3 is 4.74 Å². The van der Waals surface area contributed by atoms with Crippen molar-refractivity contribution in [1.82, 2.24) is 14.7 Å². The first-order valence-corrected chi connectivity index (χ1v) is 15.3. The van der Waals surface area contributed by atoms with Gasteiger partial charge in [-0.05, 0) is 76.6 Å². The Morgan fingerprint density at radius 2 is 1.87 bits per heavy atom. The van der Waals surface area contributed by atoms with Crippen molar-refractivity contribution < 1.29 is 17.9 Å². The second-order valence-corrected chi connectivity index (χ2v) is 13.5. The van der Waals surface area contributed by atoms with Crippen LogP contribution in [0.15, 0.2) is 53.7 Å². The van der Waals surface area contributed by atoms with E-state index in [-0.39, 0.29) is 11.5 Å². The molecule has 1 aliphatic carbocycles. The van der Waals surface area contributed by atoms with E-state index in [9.17, 15) is 13.2 Å². The molecule has 1 amide bonds. The first-order valence-electron chi connectivity index (χ1n) is 13.0. The Labute approximate surface area is 229 Å². The van der Waals surface area contributed by atoms with E-state index >= 15 is 0 Å². The maximum Gasteiger partial charge on any atom is 0.412 e. The highest BCUT2D eigenvalue weighted by molar-refractivity contribution is 7.89. The number of ether oxygens (including phenoxy) is 1. The number of thiazole rings is 1. The van der Waals surface area contributed by atoms with Crippen molar-refractivity contribution in [2.75, 3.05) is 5.32 Å². The molecule has 38 heavy (non-hydrogen) atoms. The molecule has 10 heteroatoms. The van der Waals surface area contributed by atoms with Crippen LogP contribution in [0.2, 0.25) is 0 Å². The fourth-order valence-corrected chi connectivity index (χ4v) is 7.54. The lowest BCUT2D eigenvalue weighted by atomic mass is 9.81. The van der Waals surface area contributed by atoms with Crippen molar-refractivity contribution in [1.29, 1.82) is 0 Å². The minimum Gasteiger partial charge on any atom is -0.443 e. The number of aromatic nitrogens is 2.